The van der Waals surface area contributed by atoms with Crippen molar-refractivity contribution >= 4 is 5.91 Å². The largest absolute Gasteiger partial charge is 0.314 e. The summed E-state index contributed by atoms with van der Waals surface area (Å²) in [6, 6.07) is 12.6. The first-order chi connectivity index (χ1) is 8.54. The topological polar surface area (TPSA) is 93.9 Å². The van der Waals surface area contributed by atoms with Gasteiger partial charge < -0.3 is 10.6 Å². The van der Waals surface area contributed by atoms with Gasteiger partial charge >= 0.3 is 0 Å². The molecule has 92 valence electrons. The van der Waals surface area contributed by atoms with Gasteiger partial charge in [-0.2, -0.15) is 10.5 Å². The fraction of sp³-hybridized carbons (Fsp3) is 0.308. The third kappa shape index (κ3) is 2.85. The van der Waals surface area contributed by atoms with Gasteiger partial charge in [-0.05, 0) is 12.5 Å². The molecular formula is C13H14N4O. The van der Waals surface area contributed by atoms with Crippen LogP contribution < -0.4 is 5.73 Å². The van der Waals surface area contributed by atoms with Crippen LogP contribution in [0.15, 0.2) is 30.3 Å². The standard InChI is InChI=1S/C13H14N4O/c1-13(16,11-5-3-2-4-6-11)12(18)17(9-7-14)10-8-15/h2-6H,9-10,16H2,1H3. The first kappa shape index (κ1) is 13.7. The highest BCUT2D eigenvalue weighted by Crippen LogP contribution is 2.20. The second-order valence-corrected chi connectivity index (χ2v) is 4.05. The summed E-state index contributed by atoms with van der Waals surface area (Å²) in [6.07, 6.45) is 0. The molecule has 0 aliphatic carbocycles. The predicted octanol–water partition coefficient (Wildman–Crippen LogP) is 0.736. The van der Waals surface area contributed by atoms with E-state index in [0.29, 0.717) is 5.56 Å². The highest BCUT2D eigenvalue weighted by molar-refractivity contribution is 5.87. The van der Waals surface area contributed by atoms with Gasteiger partial charge in [-0.15, -0.1) is 0 Å². The molecule has 0 spiro atoms. The fourth-order valence-electron chi connectivity index (χ4n) is 1.61. The number of nitrogens with zero attached hydrogens (tertiary/aromatic N) is 3. The van der Waals surface area contributed by atoms with E-state index in [0.717, 1.165) is 4.90 Å². The summed E-state index contributed by atoms with van der Waals surface area (Å²) >= 11 is 0. The highest BCUT2D eigenvalue weighted by atomic mass is 16.2. The van der Waals surface area contributed by atoms with Gasteiger partial charge in [0.15, 0.2) is 0 Å². The van der Waals surface area contributed by atoms with E-state index in [1.807, 2.05) is 18.2 Å². The zero-order valence-electron chi connectivity index (χ0n) is 10.1. The van der Waals surface area contributed by atoms with Gasteiger partial charge in [-0.25, -0.2) is 0 Å². The number of carbonyl (C=O) groups is 1. The number of nitriles is 2. The Morgan fingerprint density at radius 3 is 2.22 bits per heavy atom. The zero-order chi connectivity index (χ0) is 13.6. The summed E-state index contributed by atoms with van der Waals surface area (Å²) in [4.78, 5) is 13.4. The van der Waals surface area contributed by atoms with Gasteiger partial charge in [0, 0.05) is 0 Å². The lowest BCUT2D eigenvalue weighted by atomic mass is 9.91. The fourth-order valence-corrected chi connectivity index (χ4v) is 1.61. The van der Waals surface area contributed by atoms with Gasteiger partial charge in [0.1, 0.15) is 18.6 Å². The van der Waals surface area contributed by atoms with Gasteiger partial charge in [0.05, 0.1) is 12.1 Å². The molecule has 5 heteroatoms. The molecule has 1 atom stereocenters. The van der Waals surface area contributed by atoms with Crippen LogP contribution in [0.25, 0.3) is 0 Å². The summed E-state index contributed by atoms with van der Waals surface area (Å²) in [7, 11) is 0. The van der Waals surface area contributed by atoms with Crippen LogP contribution in [0.4, 0.5) is 0 Å². The summed E-state index contributed by atoms with van der Waals surface area (Å²) in [5, 5.41) is 17.3. The Labute approximate surface area is 106 Å². The Balaban J connectivity index is 3.01. The average Bonchev–Trinajstić information content (AvgIpc) is 2.38. The summed E-state index contributed by atoms with van der Waals surface area (Å²) in [5.41, 5.74) is 5.44. The Morgan fingerprint density at radius 2 is 1.78 bits per heavy atom. The molecule has 1 aromatic rings. The maximum absolute atomic E-state index is 12.2. The molecule has 1 aromatic carbocycles. The lowest BCUT2D eigenvalue weighted by Gasteiger charge is -2.29. The van der Waals surface area contributed by atoms with Crippen LogP contribution >= 0.6 is 0 Å². The van der Waals surface area contributed by atoms with Crippen LogP contribution in [0.3, 0.4) is 0 Å². The summed E-state index contributed by atoms with van der Waals surface area (Å²) < 4.78 is 0. The normalized spacial score (nSPS) is 12.9. The maximum Gasteiger partial charge on any atom is 0.248 e. The number of rotatable bonds is 4. The second kappa shape index (κ2) is 5.81. The molecule has 0 saturated carbocycles. The van der Waals surface area contributed by atoms with Crippen molar-refractivity contribution in [1.29, 1.82) is 10.5 Å². The SMILES string of the molecule is CC(N)(C(=O)N(CC#N)CC#N)c1ccccc1. The van der Waals surface area contributed by atoms with Gasteiger partial charge in [-0.1, -0.05) is 30.3 Å². The molecule has 0 aliphatic heterocycles. The molecule has 0 fully saturated rings. The molecule has 0 radical (unpaired) electrons. The van der Waals surface area contributed by atoms with Crippen molar-refractivity contribution in [3.8, 4) is 12.1 Å². The quantitative estimate of drug-likeness (QED) is 0.788. The molecule has 1 amide bonds. The monoisotopic (exact) mass is 242 g/mol. The Hall–Kier alpha value is -2.37. The Morgan fingerprint density at radius 1 is 1.28 bits per heavy atom. The first-order valence-corrected chi connectivity index (χ1v) is 5.41. The van der Waals surface area contributed by atoms with E-state index in [1.54, 1.807) is 31.2 Å². The third-order valence-electron chi connectivity index (χ3n) is 2.63. The van der Waals surface area contributed by atoms with Crippen molar-refractivity contribution in [2.75, 3.05) is 13.1 Å². The predicted molar refractivity (Wildman–Crippen MR) is 65.8 cm³/mol. The summed E-state index contributed by atoms with van der Waals surface area (Å²) in [6.45, 7) is 1.28. The van der Waals surface area contributed by atoms with Crippen molar-refractivity contribution in [3.63, 3.8) is 0 Å². The van der Waals surface area contributed by atoms with E-state index < -0.39 is 11.4 Å². The number of hydrogen-bond acceptors (Lipinski definition) is 4. The molecule has 0 heterocycles. The molecule has 0 bridgehead atoms. The Bertz CT molecular complexity index is 480. The number of nitrogens with two attached hydrogens (primary N) is 1. The lowest BCUT2D eigenvalue weighted by molar-refractivity contribution is -0.135. The maximum atomic E-state index is 12.2. The molecule has 0 saturated heterocycles. The molecule has 5 nitrogen and oxygen atoms in total. The van der Waals surface area contributed by atoms with Gasteiger partial charge in [0.2, 0.25) is 5.91 Å². The van der Waals surface area contributed by atoms with Crippen molar-refractivity contribution in [2.45, 2.75) is 12.5 Å². The van der Waals surface area contributed by atoms with Crippen LogP contribution in [-0.4, -0.2) is 23.9 Å². The van der Waals surface area contributed by atoms with Gasteiger partial charge in [-0.3, -0.25) is 4.79 Å². The molecule has 1 unspecified atom stereocenters. The van der Waals surface area contributed by atoms with Crippen LogP contribution in [-0.2, 0) is 10.3 Å². The summed E-state index contributed by atoms with van der Waals surface area (Å²) in [5.74, 6) is -0.434. The second-order valence-electron chi connectivity index (χ2n) is 4.05. The lowest BCUT2D eigenvalue weighted by Crippen LogP contribution is -2.51. The highest BCUT2D eigenvalue weighted by Gasteiger charge is 2.34. The van der Waals surface area contributed by atoms with E-state index in [4.69, 9.17) is 16.3 Å². The van der Waals surface area contributed by atoms with Crippen molar-refractivity contribution < 1.29 is 4.79 Å². The number of carbonyl (C=O) groups excluding carboxylic acids is 1. The molecule has 0 aliphatic rings. The first-order valence-electron chi connectivity index (χ1n) is 5.41. The smallest absolute Gasteiger partial charge is 0.248 e. The molecule has 2 N–H and O–H groups in total. The zero-order valence-corrected chi connectivity index (χ0v) is 10.1. The number of benzene rings is 1. The van der Waals surface area contributed by atoms with E-state index in [-0.39, 0.29) is 13.1 Å². The van der Waals surface area contributed by atoms with Crippen LogP contribution in [0.2, 0.25) is 0 Å². The number of amides is 1. The van der Waals surface area contributed by atoms with Crippen molar-refractivity contribution in [3.05, 3.63) is 35.9 Å². The molecule has 18 heavy (non-hydrogen) atoms. The van der Waals surface area contributed by atoms with E-state index >= 15 is 0 Å². The molecule has 1 rings (SSSR count). The minimum Gasteiger partial charge on any atom is -0.314 e. The van der Waals surface area contributed by atoms with Crippen molar-refractivity contribution in [2.24, 2.45) is 5.73 Å². The van der Waals surface area contributed by atoms with E-state index in [2.05, 4.69) is 0 Å². The van der Waals surface area contributed by atoms with E-state index in [1.165, 1.54) is 0 Å². The van der Waals surface area contributed by atoms with Crippen LogP contribution in [0.5, 0.6) is 0 Å². The van der Waals surface area contributed by atoms with Gasteiger partial charge in [0.25, 0.3) is 0 Å². The minimum atomic E-state index is -1.24. The average molecular weight is 242 g/mol. The van der Waals surface area contributed by atoms with Crippen LogP contribution in [0.1, 0.15) is 12.5 Å². The minimum absolute atomic E-state index is 0.147. The molecule has 0 aromatic heterocycles. The number of hydrogen-bond donors (Lipinski definition) is 1. The van der Waals surface area contributed by atoms with Crippen LogP contribution in [0, 0.1) is 22.7 Å². The Kier molecular flexibility index (Phi) is 4.42. The third-order valence-corrected chi connectivity index (χ3v) is 2.63. The van der Waals surface area contributed by atoms with E-state index in [9.17, 15) is 4.79 Å². The molecular weight excluding hydrogens is 228 g/mol. The van der Waals surface area contributed by atoms with Crippen molar-refractivity contribution in [1.82, 2.24) is 4.90 Å².